The van der Waals surface area contributed by atoms with Crippen LogP contribution in [0.1, 0.15) is 24.4 Å². The molecule has 0 amide bonds. The van der Waals surface area contributed by atoms with Crippen LogP contribution in [0.5, 0.6) is 0 Å². The average molecular weight is 238 g/mol. The van der Waals surface area contributed by atoms with Gasteiger partial charge in [-0.05, 0) is 37.6 Å². The molecule has 0 saturated heterocycles. The number of nitrogens with one attached hydrogen (secondary N) is 1. The van der Waals surface area contributed by atoms with Gasteiger partial charge in [-0.25, -0.2) is 0 Å². The number of allylic oxidation sites excluding steroid dienone is 1. The highest BCUT2D eigenvalue weighted by Crippen LogP contribution is 2.30. The van der Waals surface area contributed by atoms with E-state index in [0.29, 0.717) is 0 Å². The SMILES string of the molecule is CNC(C1=CCCCO1)c1ccccc1Cl. The van der Waals surface area contributed by atoms with Gasteiger partial charge in [0, 0.05) is 5.02 Å². The van der Waals surface area contributed by atoms with Crippen LogP contribution in [0.15, 0.2) is 36.1 Å². The van der Waals surface area contributed by atoms with Crippen molar-refractivity contribution in [3.63, 3.8) is 0 Å². The minimum absolute atomic E-state index is 0.0639. The van der Waals surface area contributed by atoms with Gasteiger partial charge in [0.05, 0.1) is 12.6 Å². The van der Waals surface area contributed by atoms with Crippen LogP contribution < -0.4 is 5.32 Å². The van der Waals surface area contributed by atoms with E-state index < -0.39 is 0 Å². The van der Waals surface area contributed by atoms with Gasteiger partial charge < -0.3 is 10.1 Å². The summed E-state index contributed by atoms with van der Waals surface area (Å²) in [6, 6.07) is 7.94. The van der Waals surface area contributed by atoms with Gasteiger partial charge in [-0.15, -0.1) is 0 Å². The van der Waals surface area contributed by atoms with E-state index in [-0.39, 0.29) is 6.04 Å². The molecule has 1 atom stereocenters. The lowest BCUT2D eigenvalue weighted by Crippen LogP contribution is -2.22. The van der Waals surface area contributed by atoms with Crippen LogP contribution in [-0.2, 0) is 4.74 Å². The van der Waals surface area contributed by atoms with Gasteiger partial charge in [-0.2, -0.15) is 0 Å². The quantitative estimate of drug-likeness (QED) is 0.871. The highest BCUT2D eigenvalue weighted by molar-refractivity contribution is 6.31. The molecular weight excluding hydrogens is 222 g/mol. The second-order valence-electron chi connectivity index (χ2n) is 3.84. The van der Waals surface area contributed by atoms with Gasteiger partial charge in [0.1, 0.15) is 5.76 Å². The minimum Gasteiger partial charge on any atom is -0.496 e. The summed E-state index contributed by atoms with van der Waals surface area (Å²) < 4.78 is 5.68. The van der Waals surface area contributed by atoms with E-state index in [1.807, 2.05) is 31.3 Å². The summed E-state index contributed by atoms with van der Waals surface area (Å²) in [6.07, 6.45) is 4.33. The van der Waals surface area contributed by atoms with E-state index >= 15 is 0 Å². The Labute approximate surface area is 101 Å². The zero-order valence-electron chi connectivity index (χ0n) is 9.37. The van der Waals surface area contributed by atoms with E-state index in [4.69, 9.17) is 16.3 Å². The number of ether oxygens (including phenoxy) is 1. The molecule has 86 valence electrons. The molecule has 1 aromatic carbocycles. The van der Waals surface area contributed by atoms with E-state index in [1.54, 1.807) is 0 Å². The molecule has 16 heavy (non-hydrogen) atoms. The van der Waals surface area contributed by atoms with E-state index in [0.717, 1.165) is 35.8 Å². The highest BCUT2D eigenvalue weighted by Gasteiger charge is 2.19. The third kappa shape index (κ3) is 2.39. The number of benzene rings is 1. The van der Waals surface area contributed by atoms with Crippen LogP contribution >= 0.6 is 11.6 Å². The predicted molar refractivity (Wildman–Crippen MR) is 66.5 cm³/mol. The molecule has 2 nitrogen and oxygen atoms in total. The molecule has 1 aliphatic rings. The fourth-order valence-corrected chi connectivity index (χ4v) is 2.18. The molecule has 0 aromatic heterocycles. The van der Waals surface area contributed by atoms with E-state index in [1.165, 1.54) is 0 Å². The third-order valence-corrected chi connectivity index (χ3v) is 3.10. The average Bonchev–Trinajstić information content (AvgIpc) is 2.34. The molecule has 1 unspecified atom stereocenters. The Balaban J connectivity index is 2.28. The van der Waals surface area contributed by atoms with Crippen LogP contribution in [0, 0.1) is 0 Å². The molecule has 0 bridgehead atoms. The Kier molecular flexibility index (Phi) is 3.86. The Bertz CT molecular complexity index is 389. The zero-order valence-corrected chi connectivity index (χ0v) is 10.1. The summed E-state index contributed by atoms with van der Waals surface area (Å²) >= 11 is 6.19. The van der Waals surface area contributed by atoms with Gasteiger partial charge in [-0.3, -0.25) is 0 Å². The van der Waals surface area contributed by atoms with Crippen molar-refractivity contribution in [3.05, 3.63) is 46.7 Å². The summed E-state index contributed by atoms with van der Waals surface area (Å²) in [5.41, 5.74) is 1.07. The summed E-state index contributed by atoms with van der Waals surface area (Å²) in [7, 11) is 1.92. The molecule has 0 radical (unpaired) electrons. The lowest BCUT2D eigenvalue weighted by Gasteiger charge is -2.24. The highest BCUT2D eigenvalue weighted by atomic mass is 35.5. The molecule has 0 fully saturated rings. The van der Waals surface area contributed by atoms with Gasteiger partial charge in [-0.1, -0.05) is 29.8 Å². The first-order valence-corrected chi connectivity index (χ1v) is 5.95. The van der Waals surface area contributed by atoms with Crippen molar-refractivity contribution in [2.45, 2.75) is 18.9 Å². The van der Waals surface area contributed by atoms with Crippen LogP contribution in [-0.4, -0.2) is 13.7 Å². The molecule has 0 saturated carbocycles. The van der Waals surface area contributed by atoms with Crippen molar-refractivity contribution in [2.24, 2.45) is 0 Å². The van der Waals surface area contributed by atoms with Gasteiger partial charge in [0.15, 0.2) is 0 Å². The van der Waals surface area contributed by atoms with Crippen LogP contribution in [0.3, 0.4) is 0 Å². The number of hydrogen-bond donors (Lipinski definition) is 1. The van der Waals surface area contributed by atoms with Crippen molar-refractivity contribution in [1.29, 1.82) is 0 Å². The number of likely N-dealkylation sites (N-methyl/N-ethyl adjacent to an activating group) is 1. The van der Waals surface area contributed by atoms with Gasteiger partial charge in [0.2, 0.25) is 0 Å². The first-order chi connectivity index (χ1) is 7.83. The van der Waals surface area contributed by atoms with Crippen molar-refractivity contribution in [2.75, 3.05) is 13.7 Å². The molecule has 2 rings (SSSR count). The molecule has 1 N–H and O–H groups in total. The topological polar surface area (TPSA) is 21.3 Å². The number of halogens is 1. The largest absolute Gasteiger partial charge is 0.496 e. The first kappa shape index (κ1) is 11.5. The molecule has 1 aliphatic heterocycles. The molecular formula is C13H16ClNO. The lowest BCUT2D eigenvalue weighted by molar-refractivity contribution is 0.169. The second kappa shape index (κ2) is 5.37. The fraction of sp³-hybridized carbons (Fsp3) is 0.385. The first-order valence-electron chi connectivity index (χ1n) is 5.57. The van der Waals surface area contributed by atoms with Crippen LogP contribution in [0.2, 0.25) is 5.02 Å². The van der Waals surface area contributed by atoms with Crippen molar-refractivity contribution >= 4 is 11.6 Å². The molecule has 3 heteroatoms. The summed E-state index contributed by atoms with van der Waals surface area (Å²) in [4.78, 5) is 0. The molecule has 1 heterocycles. The zero-order chi connectivity index (χ0) is 11.4. The maximum Gasteiger partial charge on any atom is 0.113 e. The summed E-state index contributed by atoms with van der Waals surface area (Å²) in [5, 5.41) is 4.03. The Hall–Kier alpha value is -0.990. The van der Waals surface area contributed by atoms with E-state index in [2.05, 4.69) is 11.4 Å². The van der Waals surface area contributed by atoms with E-state index in [9.17, 15) is 0 Å². The summed E-state index contributed by atoms with van der Waals surface area (Å²) in [6.45, 7) is 0.800. The summed E-state index contributed by atoms with van der Waals surface area (Å²) in [5.74, 6) is 0.988. The number of hydrogen-bond acceptors (Lipinski definition) is 2. The Morgan fingerprint density at radius 1 is 1.38 bits per heavy atom. The predicted octanol–water partition coefficient (Wildman–Crippen LogP) is 3.29. The fourth-order valence-electron chi connectivity index (χ4n) is 1.94. The maximum absolute atomic E-state index is 6.19. The van der Waals surface area contributed by atoms with Gasteiger partial charge in [0.25, 0.3) is 0 Å². The standard InChI is InChI=1S/C13H16ClNO/c1-15-13(12-8-4-5-9-16-12)10-6-2-3-7-11(10)14/h2-3,6-8,13,15H,4-5,9H2,1H3. The van der Waals surface area contributed by atoms with Crippen molar-refractivity contribution in [1.82, 2.24) is 5.32 Å². The monoisotopic (exact) mass is 237 g/mol. The molecule has 0 aliphatic carbocycles. The number of rotatable bonds is 3. The lowest BCUT2D eigenvalue weighted by atomic mass is 10.0. The van der Waals surface area contributed by atoms with Crippen LogP contribution in [0.25, 0.3) is 0 Å². The minimum atomic E-state index is 0.0639. The second-order valence-corrected chi connectivity index (χ2v) is 4.25. The maximum atomic E-state index is 6.19. The smallest absolute Gasteiger partial charge is 0.113 e. The Morgan fingerprint density at radius 2 is 2.19 bits per heavy atom. The van der Waals surface area contributed by atoms with Gasteiger partial charge >= 0.3 is 0 Å². The van der Waals surface area contributed by atoms with Crippen molar-refractivity contribution < 1.29 is 4.74 Å². The molecule has 0 spiro atoms. The van der Waals surface area contributed by atoms with Crippen LogP contribution in [0.4, 0.5) is 0 Å². The normalized spacial score (nSPS) is 17.5. The Morgan fingerprint density at radius 3 is 2.81 bits per heavy atom. The third-order valence-electron chi connectivity index (χ3n) is 2.75. The molecule has 1 aromatic rings. The van der Waals surface area contributed by atoms with Crippen molar-refractivity contribution in [3.8, 4) is 0 Å².